The number of carbonyl (C=O) groups excluding carboxylic acids is 2. The fourth-order valence-electron chi connectivity index (χ4n) is 2.44. The second-order valence-corrected chi connectivity index (χ2v) is 6.93. The molecule has 24 heavy (non-hydrogen) atoms. The molecule has 3 rings (SSSR count). The Morgan fingerprint density at radius 2 is 1.83 bits per heavy atom. The van der Waals surface area contributed by atoms with E-state index in [1.807, 2.05) is 37.3 Å². The molecule has 2 amide bonds. The van der Waals surface area contributed by atoms with Crippen molar-refractivity contribution in [1.29, 1.82) is 0 Å². The Balaban J connectivity index is 2.02. The summed E-state index contributed by atoms with van der Waals surface area (Å²) in [4.78, 5) is 26.3. The molecular formula is C18H14N2O2S2. The van der Waals surface area contributed by atoms with Crippen LogP contribution in [0, 0.1) is 6.92 Å². The van der Waals surface area contributed by atoms with E-state index in [1.165, 1.54) is 16.7 Å². The van der Waals surface area contributed by atoms with Gasteiger partial charge in [-0.05, 0) is 36.3 Å². The lowest BCUT2D eigenvalue weighted by molar-refractivity contribution is -0.113. The summed E-state index contributed by atoms with van der Waals surface area (Å²) in [6, 6.07) is 14.5. The van der Waals surface area contributed by atoms with Gasteiger partial charge in [-0.25, -0.2) is 0 Å². The monoisotopic (exact) mass is 354 g/mol. The second-order valence-electron chi connectivity index (χ2n) is 5.26. The molecule has 0 unspecified atom stereocenters. The van der Waals surface area contributed by atoms with Gasteiger partial charge < -0.3 is 5.73 Å². The van der Waals surface area contributed by atoms with E-state index in [0.717, 1.165) is 11.1 Å². The molecule has 0 spiro atoms. The van der Waals surface area contributed by atoms with Gasteiger partial charge in [-0.15, -0.1) is 0 Å². The number of primary amides is 1. The van der Waals surface area contributed by atoms with Crippen molar-refractivity contribution in [2.24, 2.45) is 5.73 Å². The van der Waals surface area contributed by atoms with Crippen molar-refractivity contribution >= 4 is 51.9 Å². The van der Waals surface area contributed by atoms with E-state index in [4.69, 9.17) is 18.0 Å². The topological polar surface area (TPSA) is 63.4 Å². The van der Waals surface area contributed by atoms with Gasteiger partial charge in [0.1, 0.15) is 0 Å². The van der Waals surface area contributed by atoms with Gasteiger partial charge in [0, 0.05) is 0 Å². The molecule has 1 heterocycles. The predicted octanol–water partition coefficient (Wildman–Crippen LogP) is 3.50. The maximum absolute atomic E-state index is 12.8. The maximum Gasteiger partial charge on any atom is 0.270 e. The summed E-state index contributed by atoms with van der Waals surface area (Å²) >= 11 is 6.56. The lowest BCUT2D eigenvalue weighted by Crippen LogP contribution is -2.30. The molecule has 1 aliphatic rings. The Bertz CT molecular complexity index is 890. The number of thioether (sulfide) groups is 1. The number of hydrogen-bond donors (Lipinski definition) is 1. The summed E-state index contributed by atoms with van der Waals surface area (Å²) in [7, 11) is 0. The Labute approximate surface area is 149 Å². The second kappa shape index (κ2) is 6.59. The molecule has 2 N–H and O–H groups in total. The summed E-state index contributed by atoms with van der Waals surface area (Å²) in [5.74, 6) is -0.843. The normalized spacial score (nSPS) is 16.0. The van der Waals surface area contributed by atoms with Crippen LogP contribution in [0.4, 0.5) is 5.69 Å². The number of aryl methyl sites for hydroxylation is 1. The van der Waals surface area contributed by atoms with Crippen LogP contribution in [0.25, 0.3) is 6.08 Å². The standard InChI is InChI=1S/C18H14N2O2S2/c1-11-6-2-3-7-12(11)10-15-17(22)20(18(23)24-15)14-9-5-4-8-13(14)16(19)21/h2-10H,1H3,(H2,19,21)/b15-10-. The molecule has 0 radical (unpaired) electrons. The van der Waals surface area contributed by atoms with Crippen LogP contribution in [0.1, 0.15) is 21.5 Å². The van der Waals surface area contributed by atoms with E-state index < -0.39 is 5.91 Å². The number of anilines is 1. The fourth-order valence-corrected chi connectivity index (χ4v) is 3.72. The highest BCUT2D eigenvalue weighted by Crippen LogP contribution is 2.37. The van der Waals surface area contributed by atoms with Crippen molar-refractivity contribution in [3.05, 3.63) is 70.1 Å². The van der Waals surface area contributed by atoms with Crippen molar-refractivity contribution in [3.8, 4) is 0 Å². The molecular weight excluding hydrogens is 340 g/mol. The first-order valence-electron chi connectivity index (χ1n) is 7.21. The molecule has 1 fully saturated rings. The molecule has 0 aromatic heterocycles. The van der Waals surface area contributed by atoms with Crippen molar-refractivity contribution < 1.29 is 9.59 Å². The zero-order chi connectivity index (χ0) is 17.3. The van der Waals surface area contributed by atoms with Gasteiger partial charge in [0.25, 0.3) is 11.8 Å². The van der Waals surface area contributed by atoms with Gasteiger partial charge in [0.2, 0.25) is 0 Å². The molecule has 2 aromatic carbocycles. The first kappa shape index (κ1) is 16.4. The molecule has 0 bridgehead atoms. The Morgan fingerprint density at radius 1 is 1.17 bits per heavy atom. The quantitative estimate of drug-likeness (QED) is 0.677. The number of rotatable bonds is 3. The van der Waals surface area contributed by atoms with Crippen LogP contribution in [0.5, 0.6) is 0 Å². The van der Waals surface area contributed by atoms with Crippen LogP contribution < -0.4 is 10.6 Å². The third-order valence-electron chi connectivity index (χ3n) is 3.68. The highest BCUT2D eigenvalue weighted by atomic mass is 32.2. The van der Waals surface area contributed by atoms with Crippen molar-refractivity contribution in [2.45, 2.75) is 6.92 Å². The number of hydrogen-bond acceptors (Lipinski definition) is 4. The summed E-state index contributed by atoms with van der Waals surface area (Å²) < 4.78 is 0.383. The minimum Gasteiger partial charge on any atom is -0.366 e. The number of para-hydroxylation sites is 1. The van der Waals surface area contributed by atoms with Gasteiger partial charge in [0.05, 0.1) is 16.2 Å². The molecule has 4 nitrogen and oxygen atoms in total. The van der Waals surface area contributed by atoms with E-state index >= 15 is 0 Å². The third kappa shape index (κ3) is 2.98. The van der Waals surface area contributed by atoms with Crippen LogP contribution in [0.2, 0.25) is 0 Å². The minimum absolute atomic E-state index is 0.248. The zero-order valence-electron chi connectivity index (χ0n) is 12.9. The number of nitrogens with two attached hydrogens (primary N) is 1. The van der Waals surface area contributed by atoms with Gasteiger partial charge in [0.15, 0.2) is 4.32 Å². The molecule has 0 atom stereocenters. The van der Waals surface area contributed by atoms with Crippen LogP contribution in [-0.2, 0) is 4.79 Å². The SMILES string of the molecule is Cc1ccccc1/C=C1\SC(=S)N(c2ccccc2C(N)=O)C1=O. The number of carbonyl (C=O) groups is 2. The first-order valence-corrected chi connectivity index (χ1v) is 8.44. The minimum atomic E-state index is -0.595. The molecule has 1 saturated heterocycles. The molecule has 2 aromatic rings. The van der Waals surface area contributed by atoms with Crippen LogP contribution in [-0.4, -0.2) is 16.1 Å². The van der Waals surface area contributed by atoms with E-state index in [2.05, 4.69) is 0 Å². The number of benzene rings is 2. The molecule has 120 valence electrons. The van der Waals surface area contributed by atoms with Gasteiger partial charge in [-0.2, -0.15) is 0 Å². The number of nitrogens with zero attached hydrogens (tertiary/aromatic N) is 1. The van der Waals surface area contributed by atoms with Crippen LogP contribution in [0.15, 0.2) is 53.4 Å². The zero-order valence-corrected chi connectivity index (χ0v) is 14.5. The van der Waals surface area contributed by atoms with Crippen molar-refractivity contribution in [3.63, 3.8) is 0 Å². The third-order valence-corrected chi connectivity index (χ3v) is 4.98. The Hall–Kier alpha value is -2.44. The molecule has 0 aliphatic carbocycles. The lowest BCUT2D eigenvalue weighted by Gasteiger charge is -2.17. The molecule has 1 aliphatic heterocycles. The summed E-state index contributed by atoms with van der Waals surface area (Å²) in [6.45, 7) is 1.98. The Kier molecular flexibility index (Phi) is 4.51. The predicted molar refractivity (Wildman–Crippen MR) is 102 cm³/mol. The lowest BCUT2D eigenvalue weighted by atomic mass is 10.1. The first-order chi connectivity index (χ1) is 11.5. The smallest absolute Gasteiger partial charge is 0.270 e. The largest absolute Gasteiger partial charge is 0.366 e. The molecule has 6 heteroatoms. The fraction of sp³-hybridized carbons (Fsp3) is 0.0556. The summed E-state index contributed by atoms with van der Waals surface area (Å²) in [5.41, 5.74) is 8.13. The van der Waals surface area contributed by atoms with E-state index in [9.17, 15) is 9.59 Å². The molecule has 0 saturated carbocycles. The maximum atomic E-state index is 12.8. The van der Waals surface area contributed by atoms with Gasteiger partial charge in [-0.1, -0.05) is 60.4 Å². The highest BCUT2D eigenvalue weighted by molar-refractivity contribution is 8.27. The van der Waals surface area contributed by atoms with Gasteiger partial charge in [-0.3, -0.25) is 14.5 Å². The number of thiocarbonyl (C=S) groups is 1. The van der Waals surface area contributed by atoms with E-state index in [0.29, 0.717) is 14.9 Å². The average molecular weight is 354 g/mol. The highest BCUT2D eigenvalue weighted by Gasteiger charge is 2.35. The van der Waals surface area contributed by atoms with E-state index in [1.54, 1.807) is 24.3 Å². The van der Waals surface area contributed by atoms with Gasteiger partial charge >= 0.3 is 0 Å². The average Bonchev–Trinajstić information content (AvgIpc) is 2.83. The summed E-state index contributed by atoms with van der Waals surface area (Å²) in [6.07, 6.45) is 1.82. The van der Waals surface area contributed by atoms with E-state index in [-0.39, 0.29) is 11.5 Å². The van der Waals surface area contributed by atoms with Crippen molar-refractivity contribution in [1.82, 2.24) is 0 Å². The van der Waals surface area contributed by atoms with Crippen LogP contribution >= 0.6 is 24.0 Å². The summed E-state index contributed by atoms with van der Waals surface area (Å²) in [5, 5.41) is 0. The number of amides is 2. The Morgan fingerprint density at radius 3 is 2.54 bits per heavy atom. The van der Waals surface area contributed by atoms with Crippen LogP contribution in [0.3, 0.4) is 0 Å². The van der Waals surface area contributed by atoms with Crippen molar-refractivity contribution in [2.75, 3.05) is 4.90 Å².